The van der Waals surface area contributed by atoms with Gasteiger partial charge >= 0.3 is 11.9 Å². The summed E-state index contributed by atoms with van der Waals surface area (Å²) >= 11 is 0. The molecular formula is C42H34N8O2. The van der Waals surface area contributed by atoms with Gasteiger partial charge in [0.05, 0.1) is 47.6 Å². The Morgan fingerprint density at radius 2 is 1.52 bits per heavy atom. The third-order valence-corrected chi connectivity index (χ3v) is 8.44. The number of amides is 1. The molecule has 1 aliphatic carbocycles. The monoisotopic (exact) mass is 682 g/mol. The summed E-state index contributed by atoms with van der Waals surface area (Å²) in [5.41, 5.74) is 5.17. The third kappa shape index (κ3) is 8.99. The van der Waals surface area contributed by atoms with Crippen LogP contribution in [0.1, 0.15) is 30.9 Å². The number of piperazine rings is 1. The van der Waals surface area contributed by atoms with Crippen molar-refractivity contribution in [2.24, 2.45) is 5.92 Å². The van der Waals surface area contributed by atoms with Gasteiger partial charge in [-0.15, -0.1) is 0 Å². The molecule has 0 bridgehead atoms. The fourth-order valence-electron chi connectivity index (χ4n) is 6.06. The number of carbonyl (C=O) groups is 1. The van der Waals surface area contributed by atoms with Crippen molar-refractivity contribution in [1.29, 1.82) is 21.0 Å². The molecular weight excluding hydrogens is 649 g/mol. The Kier molecular flexibility index (Phi) is 13.7. The van der Waals surface area contributed by atoms with Crippen molar-refractivity contribution in [1.82, 2.24) is 9.80 Å². The van der Waals surface area contributed by atoms with Gasteiger partial charge in [0, 0.05) is 37.4 Å². The number of nitrogens with zero attached hydrogens (tertiary/aromatic N) is 8. The molecule has 1 aliphatic heterocycles. The topological polar surface area (TPSA) is 137 Å². The second-order valence-electron chi connectivity index (χ2n) is 11.4. The number of carbonyl (C=O) groups excluding carboxylic acids is 1. The highest BCUT2D eigenvalue weighted by molar-refractivity contribution is 5.87. The summed E-state index contributed by atoms with van der Waals surface area (Å²) < 4.78 is 5.21. The molecule has 0 radical (unpaired) electrons. The Balaban J connectivity index is 1.76. The zero-order valence-electron chi connectivity index (χ0n) is 28.7. The van der Waals surface area contributed by atoms with Gasteiger partial charge in [-0.25, -0.2) is 4.79 Å². The predicted molar refractivity (Wildman–Crippen MR) is 197 cm³/mol. The van der Waals surface area contributed by atoms with Gasteiger partial charge in [-0.05, 0) is 54.2 Å². The lowest BCUT2D eigenvalue weighted by Crippen LogP contribution is -2.48. The van der Waals surface area contributed by atoms with Crippen LogP contribution in [-0.2, 0) is 4.74 Å². The number of rotatable bonds is 10. The highest BCUT2D eigenvalue weighted by atomic mass is 16.6. The number of hydrogen-bond acceptors (Lipinski definition) is 7. The van der Waals surface area contributed by atoms with Gasteiger partial charge in [-0.2, -0.15) is 30.7 Å². The molecule has 1 amide bonds. The van der Waals surface area contributed by atoms with Gasteiger partial charge in [-0.1, -0.05) is 85.0 Å². The first-order chi connectivity index (χ1) is 25.4. The molecule has 2 aromatic rings. The van der Waals surface area contributed by atoms with E-state index in [9.17, 15) is 25.8 Å². The van der Waals surface area contributed by atoms with E-state index in [0.717, 1.165) is 16.8 Å². The molecule has 1 heterocycles. The number of ether oxygens (including phenoxy) is 1. The molecule has 0 atom stereocenters. The second-order valence-corrected chi connectivity index (χ2v) is 11.4. The Bertz CT molecular complexity index is 2110. The highest BCUT2D eigenvalue weighted by Gasteiger charge is 2.29. The maximum atomic E-state index is 12.4. The van der Waals surface area contributed by atoms with Crippen LogP contribution in [0.3, 0.4) is 0 Å². The largest absolute Gasteiger partial charge is 0.528 e. The van der Waals surface area contributed by atoms with Crippen LogP contribution in [0.4, 0.5) is 4.79 Å². The minimum atomic E-state index is -1.13. The quantitative estimate of drug-likeness (QED) is 0.140. The molecule has 10 heteroatoms. The lowest BCUT2D eigenvalue weighted by atomic mass is 9.90. The van der Waals surface area contributed by atoms with Crippen LogP contribution in [-0.4, -0.2) is 48.7 Å². The minimum Gasteiger partial charge on any atom is -0.450 e. The molecule has 1 fully saturated rings. The Morgan fingerprint density at radius 3 is 2.08 bits per heavy atom. The van der Waals surface area contributed by atoms with E-state index < -0.39 is 5.92 Å². The summed E-state index contributed by atoms with van der Waals surface area (Å²) in [5, 5.41) is 39.6. The molecule has 2 aromatic carbocycles. The van der Waals surface area contributed by atoms with E-state index in [2.05, 4.69) is 26.7 Å². The van der Waals surface area contributed by atoms with Gasteiger partial charge < -0.3 is 14.5 Å². The van der Waals surface area contributed by atoms with Crippen molar-refractivity contribution < 1.29 is 9.53 Å². The lowest BCUT2D eigenvalue weighted by molar-refractivity contribution is 0.0873. The molecule has 0 N–H and O–H groups in total. The molecule has 4 rings (SSSR count). The van der Waals surface area contributed by atoms with E-state index in [1.54, 1.807) is 84.7 Å². The molecule has 0 spiro atoms. The van der Waals surface area contributed by atoms with E-state index in [0.29, 0.717) is 62.3 Å². The minimum absolute atomic E-state index is 0.185. The van der Waals surface area contributed by atoms with Crippen LogP contribution < -0.4 is 0 Å². The van der Waals surface area contributed by atoms with Crippen LogP contribution in [0.15, 0.2) is 131 Å². The summed E-state index contributed by atoms with van der Waals surface area (Å²) in [6, 6.07) is 26.2. The Hall–Kier alpha value is -7.37. The van der Waals surface area contributed by atoms with E-state index in [1.165, 1.54) is 0 Å². The average molecular weight is 683 g/mol. The maximum absolute atomic E-state index is 12.4. The number of allylic oxidation sites excluding steroid dienone is 12. The SMILES string of the molecule is [C-]#[N+]C([N+]#[C-])=C(/C(C#N)=C/C=C/C1=C(N2CCN(C(=O)OCC)CC2)C(=C/C=C/C(C#N)=C(\c2ccccc2)C(C#N)C#N)/CC1)c1ccccc1. The summed E-state index contributed by atoms with van der Waals surface area (Å²) in [5.74, 6) is -1.32. The zero-order chi connectivity index (χ0) is 37.3. The van der Waals surface area contributed by atoms with E-state index in [-0.39, 0.29) is 28.6 Å². The van der Waals surface area contributed by atoms with Crippen LogP contribution in [0.25, 0.3) is 20.8 Å². The fraction of sp³-hybridized carbons (Fsp3) is 0.214. The Morgan fingerprint density at radius 1 is 0.885 bits per heavy atom. The number of nitriles is 4. The molecule has 1 saturated heterocycles. The normalized spacial score (nSPS) is 15.7. The number of benzene rings is 2. The van der Waals surface area contributed by atoms with Gasteiger partial charge in [-0.3, -0.25) is 0 Å². The van der Waals surface area contributed by atoms with Crippen molar-refractivity contribution in [3.8, 4) is 24.3 Å². The van der Waals surface area contributed by atoms with Gasteiger partial charge in [0.15, 0.2) is 5.92 Å². The second kappa shape index (κ2) is 19.0. The molecule has 10 nitrogen and oxygen atoms in total. The molecule has 52 heavy (non-hydrogen) atoms. The molecule has 254 valence electrons. The Labute approximate surface area is 304 Å². The average Bonchev–Trinajstić information content (AvgIpc) is 3.59. The first kappa shape index (κ1) is 37.4. The smallest absolute Gasteiger partial charge is 0.450 e. The molecule has 0 saturated carbocycles. The summed E-state index contributed by atoms with van der Waals surface area (Å²) in [4.78, 5) is 23.1. The van der Waals surface area contributed by atoms with E-state index in [4.69, 9.17) is 17.9 Å². The van der Waals surface area contributed by atoms with E-state index in [1.807, 2.05) is 36.4 Å². The van der Waals surface area contributed by atoms with Gasteiger partial charge in [0.1, 0.15) is 13.1 Å². The molecule has 0 unspecified atom stereocenters. The third-order valence-electron chi connectivity index (χ3n) is 8.44. The van der Waals surface area contributed by atoms with Crippen molar-refractivity contribution in [2.75, 3.05) is 32.8 Å². The van der Waals surface area contributed by atoms with Crippen LogP contribution in [0.5, 0.6) is 0 Å². The van der Waals surface area contributed by atoms with Crippen molar-refractivity contribution in [2.45, 2.75) is 19.8 Å². The van der Waals surface area contributed by atoms with Crippen LogP contribution in [0, 0.1) is 64.4 Å². The molecule has 0 aromatic heterocycles. The highest BCUT2D eigenvalue weighted by Crippen LogP contribution is 2.36. The fourth-order valence-corrected chi connectivity index (χ4v) is 6.06. The first-order valence-electron chi connectivity index (χ1n) is 16.5. The summed E-state index contributed by atoms with van der Waals surface area (Å²) in [6.45, 7) is 19.2. The van der Waals surface area contributed by atoms with Gasteiger partial charge in [0.2, 0.25) is 0 Å². The predicted octanol–water partition coefficient (Wildman–Crippen LogP) is 8.15. The summed E-state index contributed by atoms with van der Waals surface area (Å²) in [6.07, 6.45) is 11.6. The number of hydrogen-bond donors (Lipinski definition) is 0. The van der Waals surface area contributed by atoms with Crippen LogP contribution >= 0.6 is 0 Å². The first-order valence-corrected chi connectivity index (χ1v) is 16.5. The van der Waals surface area contributed by atoms with Crippen LogP contribution in [0.2, 0.25) is 0 Å². The van der Waals surface area contributed by atoms with Gasteiger partial charge in [0.25, 0.3) is 0 Å². The standard InChI is InChI=1S/C42H34N8O2/c1-4-52-42(51)50-25-23-49(24-26-50)40-33(17-11-19-35(27-43)38(37(29-45)30-46)31-13-7-5-8-14-31)21-22-34(40)18-12-20-36(28-44)39(41(47-2)48-3)32-15-9-6-10-16-32/h5-20,37H,4,21-26H2,1H3/b18-12+,19-11+,33-17+,36-20+,38-35-. The van der Waals surface area contributed by atoms with Crippen molar-refractivity contribution in [3.05, 3.63) is 165 Å². The maximum Gasteiger partial charge on any atom is 0.528 e. The molecule has 2 aliphatic rings. The van der Waals surface area contributed by atoms with E-state index >= 15 is 0 Å². The summed E-state index contributed by atoms with van der Waals surface area (Å²) in [7, 11) is 0. The van der Waals surface area contributed by atoms with Crippen molar-refractivity contribution in [3.63, 3.8) is 0 Å². The lowest BCUT2D eigenvalue weighted by Gasteiger charge is -2.37. The zero-order valence-corrected chi connectivity index (χ0v) is 28.7. The van der Waals surface area contributed by atoms with Crippen molar-refractivity contribution >= 4 is 17.2 Å².